The van der Waals surface area contributed by atoms with Gasteiger partial charge in [0.15, 0.2) is 18.1 Å². The van der Waals surface area contributed by atoms with Gasteiger partial charge in [-0.3, -0.25) is 20.4 Å². The lowest BCUT2D eigenvalue weighted by Gasteiger charge is -2.09. The lowest BCUT2D eigenvalue weighted by Crippen LogP contribution is -2.43. The quantitative estimate of drug-likeness (QED) is 0.734. The minimum absolute atomic E-state index is 0.0552. The molecule has 0 aromatic heterocycles. The van der Waals surface area contributed by atoms with Gasteiger partial charge in [0.25, 0.3) is 11.8 Å². The van der Waals surface area contributed by atoms with Crippen molar-refractivity contribution in [1.29, 1.82) is 0 Å². The summed E-state index contributed by atoms with van der Waals surface area (Å²) < 4.78 is 5.15. The Morgan fingerprint density at radius 2 is 1.74 bits per heavy atom. The first-order valence-electron chi connectivity index (χ1n) is 7.19. The van der Waals surface area contributed by atoms with Gasteiger partial charge in [0.05, 0.1) is 0 Å². The monoisotopic (exact) mass is 314 g/mol. The van der Waals surface area contributed by atoms with Crippen LogP contribution in [0.1, 0.15) is 22.8 Å². The molecule has 0 radical (unpaired) electrons. The predicted molar refractivity (Wildman–Crippen MR) is 85.0 cm³/mol. The number of aromatic hydroxyl groups is 1. The van der Waals surface area contributed by atoms with Crippen molar-refractivity contribution in [2.75, 3.05) is 6.61 Å². The van der Waals surface area contributed by atoms with Crippen molar-refractivity contribution in [2.24, 2.45) is 0 Å². The maximum absolute atomic E-state index is 11.9. The zero-order valence-electron chi connectivity index (χ0n) is 12.7. The first-order chi connectivity index (χ1) is 11.1. The molecular formula is C17H18N2O4. The Bertz CT molecular complexity index is 683. The van der Waals surface area contributed by atoms with Crippen molar-refractivity contribution in [3.63, 3.8) is 0 Å². The topological polar surface area (TPSA) is 87.7 Å². The largest absolute Gasteiger partial charge is 0.504 e. The van der Waals surface area contributed by atoms with Crippen LogP contribution < -0.4 is 15.6 Å². The fraction of sp³-hybridized carbons (Fsp3) is 0.176. The van der Waals surface area contributed by atoms with Gasteiger partial charge in [0.2, 0.25) is 0 Å². The van der Waals surface area contributed by atoms with Gasteiger partial charge in [-0.2, -0.15) is 0 Å². The lowest BCUT2D eigenvalue weighted by molar-refractivity contribution is -0.123. The minimum Gasteiger partial charge on any atom is -0.504 e. The van der Waals surface area contributed by atoms with Crippen LogP contribution in [0.5, 0.6) is 11.5 Å². The number of ether oxygens (including phenoxy) is 1. The van der Waals surface area contributed by atoms with Gasteiger partial charge in [-0.15, -0.1) is 0 Å². The first kappa shape index (κ1) is 16.4. The summed E-state index contributed by atoms with van der Waals surface area (Å²) in [6, 6.07) is 13.4. The third-order valence-corrected chi connectivity index (χ3v) is 3.16. The molecule has 6 nitrogen and oxygen atoms in total. The van der Waals surface area contributed by atoms with Crippen LogP contribution in [0.3, 0.4) is 0 Å². The Kier molecular flexibility index (Phi) is 5.57. The summed E-state index contributed by atoms with van der Waals surface area (Å²) in [5.74, 6) is -0.806. The average molecular weight is 314 g/mol. The molecule has 0 unspecified atom stereocenters. The summed E-state index contributed by atoms with van der Waals surface area (Å²) in [7, 11) is 0. The summed E-state index contributed by atoms with van der Waals surface area (Å²) >= 11 is 0. The molecule has 120 valence electrons. The van der Waals surface area contributed by atoms with E-state index in [9.17, 15) is 14.7 Å². The van der Waals surface area contributed by atoms with Crippen LogP contribution in [-0.4, -0.2) is 23.5 Å². The molecule has 0 spiro atoms. The number of carbonyl (C=O) groups excluding carboxylic acids is 2. The van der Waals surface area contributed by atoms with Crippen molar-refractivity contribution >= 4 is 11.8 Å². The molecule has 0 aliphatic rings. The molecule has 2 aromatic rings. The number of aryl methyl sites for hydroxylation is 1. The van der Waals surface area contributed by atoms with Crippen LogP contribution >= 0.6 is 0 Å². The summed E-state index contributed by atoms with van der Waals surface area (Å²) in [4.78, 5) is 23.5. The predicted octanol–water partition coefficient (Wildman–Crippen LogP) is 1.79. The number of rotatable bonds is 5. The highest BCUT2D eigenvalue weighted by Crippen LogP contribution is 2.23. The van der Waals surface area contributed by atoms with Crippen molar-refractivity contribution in [3.05, 3.63) is 59.7 Å². The van der Waals surface area contributed by atoms with E-state index < -0.39 is 11.8 Å². The van der Waals surface area contributed by atoms with Gasteiger partial charge in [-0.1, -0.05) is 31.2 Å². The fourth-order valence-electron chi connectivity index (χ4n) is 1.85. The van der Waals surface area contributed by atoms with Gasteiger partial charge in [0.1, 0.15) is 0 Å². The van der Waals surface area contributed by atoms with E-state index in [0.29, 0.717) is 5.56 Å². The Hall–Kier alpha value is -3.02. The van der Waals surface area contributed by atoms with Gasteiger partial charge < -0.3 is 9.84 Å². The maximum atomic E-state index is 11.9. The summed E-state index contributed by atoms with van der Waals surface area (Å²) in [5.41, 5.74) is 6.14. The van der Waals surface area contributed by atoms with Crippen molar-refractivity contribution in [1.82, 2.24) is 10.9 Å². The molecule has 0 aliphatic carbocycles. The first-order valence-corrected chi connectivity index (χ1v) is 7.19. The molecule has 3 N–H and O–H groups in total. The van der Waals surface area contributed by atoms with Crippen molar-refractivity contribution in [2.45, 2.75) is 13.3 Å². The van der Waals surface area contributed by atoms with Gasteiger partial charge >= 0.3 is 0 Å². The second kappa shape index (κ2) is 7.84. The van der Waals surface area contributed by atoms with E-state index in [0.717, 1.165) is 12.0 Å². The number of para-hydroxylation sites is 2. The number of phenolic OH excluding ortho intramolecular Hbond substituents is 1. The molecule has 0 aliphatic heterocycles. The van der Waals surface area contributed by atoms with E-state index in [-0.39, 0.29) is 18.1 Å². The van der Waals surface area contributed by atoms with Crippen molar-refractivity contribution in [3.8, 4) is 11.5 Å². The van der Waals surface area contributed by atoms with Gasteiger partial charge in [0, 0.05) is 5.56 Å². The summed E-state index contributed by atoms with van der Waals surface area (Å²) in [5, 5.41) is 9.51. The van der Waals surface area contributed by atoms with E-state index >= 15 is 0 Å². The maximum Gasteiger partial charge on any atom is 0.276 e. The molecule has 0 saturated heterocycles. The molecule has 0 atom stereocenters. The van der Waals surface area contributed by atoms with Crippen LogP contribution in [0.15, 0.2) is 48.5 Å². The highest BCUT2D eigenvalue weighted by molar-refractivity contribution is 5.95. The Labute approximate surface area is 134 Å². The zero-order chi connectivity index (χ0) is 16.7. The van der Waals surface area contributed by atoms with E-state index in [2.05, 4.69) is 10.9 Å². The molecule has 0 saturated carbocycles. The lowest BCUT2D eigenvalue weighted by atomic mass is 10.1. The van der Waals surface area contributed by atoms with Crippen LogP contribution in [-0.2, 0) is 11.2 Å². The number of benzene rings is 2. The third kappa shape index (κ3) is 4.74. The zero-order valence-corrected chi connectivity index (χ0v) is 12.7. The van der Waals surface area contributed by atoms with E-state index in [1.54, 1.807) is 24.3 Å². The molecule has 23 heavy (non-hydrogen) atoms. The Balaban J connectivity index is 1.79. The number of phenols is 1. The van der Waals surface area contributed by atoms with E-state index in [1.165, 1.54) is 12.1 Å². The fourth-order valence-corrected chi connectivity index (χ4v) is 1.85. The normalized spacial score (nSPS) is 9.96. The molecule has 2 amide bonds. The Morgan fingerprint density at radius 3 is 2.39 bits per heavy atom. The molecule has 2 rings (SSSR count). The molecule has 0 fully saturated rings. The number of hydrogen-bond acceptors (Lipinski definition) is 4. The SMILES string of the molecule is CCc1ccc(C(=O)NNC(=O)COc2ccccc2O)cc1. The van der Waals surface area contributed by atoms with Gasteiger partial charge in [-0.25, -0.2) is 0 Å². The highest BCUT2D eigenvalue weighted by Gasteiger charge is 2.09. The van der Waals surface area contributed by atoms with Crippen LogP contribution in [0, 0.1) is 0 Å². The molecule has 6 heteroatoms. The molecular weight excluding hydrogens is 296 g/mol. The molecule has 2 aromatic carbocycles. The number of hydrazine groups is 1. The highest BCUT2D eigenvalue weighted by atomic mass is 16.5. The molecule has 0 bridgehead atoms. The Morgan fingerprint density at radius 1 is 1.04 bits per heavy atom. The van der Waals surface area contributed by atoms with Gasteiger partial charge in [-0.05, 0) is 36.2 Å². The number of nitrogens with one attached hydrogen (secondary N) is 2. The van der Waals surface area contributed by atoms with E-state index in [4.69, 9.17) is 4.74 Å². The number of carbonyl (C=O) groups is 2. The standard InChI is InChI=1S/C17H18N2O4/c1-2-12-7-9-13(10-8-12)17(22)19-18-16(21)11-23-15-6-4-3-5-14(15)20/h3-10,20H,2,11H2,1H3,(H,18,21)(H,19,22). The summed E-state index contributed by atoms with van der Waals surface area (Å²) in [6.45, 7) is 1.70. The second-order valence-electron chi connectivity index (χ2n) is 4.81. The number of amides is 2. The second-order valence-corrected chi connectivity index (χ2v) is 4.81. The third-order valence-electron chi connectivity index (χ3n) is 3.16. The smallest absolute Gasteiger partial charge is 0.276 e. The van der Waals surface area contributed by atoms with Crippen LogP contribution in [0.25, 0.3) is 0 Å². The van der Waals surface area contributed by atoms with Crippen molar-refractivity contribution < 1.29 is 19.4 Å². The van der Waals surface area contributed by atoms with E-state index in [1.807, 2.05) is 19.1 Å². The molecule has 0 heterocycles. The minimum atomic E-state index is -0.535. The summed E-state index contributed by atoms with van der Waals surface area (Å²) in [6.07, 6.45) is 0.891. The average Bonchev–Trinajstić information content (AvgIpc) is 2.59. The van der Waals surface area contributed by atoms with Crippen LogP contribution in [0.4, 0.5) is 0 Å². The van der Waals surface area contributed by atoms with Crippen LogP contribution in [0.2, 0.25) is 0 Å². The number of hydrogen-bond donors (Lipinski definition) is 3.